The van der Waals surface area contributed by atoms with Crippen molar-refractivity contribution in [3.05, 3.63) is 23.8 Å². The van der Waals surface area contributed by atoms with Crippen LogP contribution >= 0.6 is 0 Å². The highest BCUT2D eigenvalue weighted by Gasteiger charge is 2.10. The summed E-state index contributed by atoms with van der Waals surface area (Å²) >= 11 is 0. The minimum atomic E-state index is -0.277. The van der Waals surface area contributed by atoms with Crippen molar-refractivity contribution in [2.45, 2.75) is 65.7 Å². The minimum Gasteiger partial charge on any atom is -0.396 e. The molecule has 0 saturated heterocycles. The molecule has 1 aromatic carbocycles. The fourth-order valence-electron chi connectivity index (χ4n) is 2.97. The zero-order valence-corrected chi connectivity index (χ0v) is 18.1. The molecule has 1 aromatic rings. The van der Waals surface area contributed by atoms with Crippen molar-refractivity contribution in [2.75, 3.05) is 30.3 Å². The highest BCUT2D eigenvalue weighted by Crippen LogP contribution is 2.20. The van der Waals surface area contributed by atoms with Gasteiger partial charge in [-0.05, 0) is 56.2 Å². The number of hydrogen-bond donors (Lipinski definition) is 5. The van der Waals surface area contributed by atoms with Gasteiger partial charge in [-0.3, -0.25) is 0 Å². The van der Waals surface area contributed by atoms with Crippen LogP contribution in [-0.2, 0) is 0 Å². The van der Waals surface area contributed by atoms with E-state index in [-0.39, 0.29) is 18.7 Å². The maximum absolute atomic E-state index is 12.2. The zero-order valence-electron chi connectivity index (χ0n) is 18.1. The smallest absolute Gasteiger partial charge is 0.319 e. The summed E-state index contributed by atoms with van der Waals surface area (Å²) in [6.07, 6.45) is 6.97. The lowest BCUT2D eigenvalue weighted by Gasteiger charge is -2.16. The second-order valence-electron chi connectivity index (χ2n) is 7.45. The predicted molar refractivity (Wildman–Crippen MR) is 119 cm³/mol. The number of urea groups is 2. The number of rotatable bonds is 13. The average molecular weight is 407 g/mol. The summed E-state index contributed by atoms with van der Waals surface area (Å²) in [6.45, 7) is 7.62. The number of nitrogens with one attached hydrogen (secondary N) is 4. The molecule has 0 aliphatic heterocycles. The normalized spacial score (nSPS) is 11.6. The summed E-state index contributed by atoms with van der Waals surface area (Å²) in [5, 5.41) is 20.2. The van der Waals surface area contributed by atoms with E-state index in [1.807, 2.05) is 19.1 Å². The monoisotopic (exact) mass is 406 g/mol. The van der Waals surface area contributed by atoms with Gasteiger partial charge < -0.3 is 26.4 Å². The van der Waals surface area contributed by atoms with Crippen LogP contribution < -0.4 is 21.3 Å². The third kappa shape index (κ3) is 10.7. The second-order valence-corrected chi connectivity index (χ2v) is 7.45. The van der Waals surface area contributed by atoms with E-state index in [1.165, 1.54) is 6.42 Å². The van der Waals surface area contributed by atoms with Crippen LogP contribution in [0.1, 0.15) is 64.4 Å². The Morgan fingerprint density at radius 1 is 1.00 bits per heavy atom. The van der Waals surface area contributed by atoms with Gasteiger partial charge in [0.1, 0.15) is 0 Å². The van der Waals surface area contributed by atoms with Crippen molar-refractivity contribution in [1.82, 2.24) is 10.6 Å². The molecule has 0 spiro atoms. The molecule has 0 heterocycles. The van der Waals surface area contributed by atoms with Gasteiger partial charge in [0.15, 0.2) is 0 Å². The van der Waals surface area contributed by atoms with E-state index < -0.39 is 0 Å². The Bertz CT molecular complexity index is 622. The maximum atomic E-state index is 12.2. The second kappa shape index (κ2) is 14.7. The number of aliphatic hydroxyl groups excluding tert-OH is 1. The number of amides is 4. The molecule has 0 bridgehead atoms. The molecule has 164 valence electrons. The van der Waals surface area contributed by atoms with Crippen molar-refractivity contribution < 1.29 is 14.7 Å². The van der Waals surface area contributed by atoms with Gasteiger partial charge in [-0.15, -0.1) is 0 Å². The summed E-state index contributed by atoms with van der Waals surface area (Å²) < 4.78 is 0. The first-order chi connectivity index (χ1) is 14.0. The standard InChI is InChI=1S/C22H38N4O3/c1-4-6-10-18(5-2)16-24-22(29)25-19-12-11-17(3)20(15-19)26-21(28)23-13-8-7-9-14-27/h11-12,15,18,27H,4-10,13-14,16H2,1-3H3,(H2,23,26,28)(H2,24,25,29). The first-order valence-corrected chi connectivity index (χ1v) is 10.8. The number of carbonyl (C=O) groups is 2. The van der Waals surface area contributed by atoms with Gasteiger partial charge in [0.05, 0.1) is 0 Å². The molecule has 7 heteroatoms. The van der Waals surface area contributed by atoms with Gasteiger partial charge in [0.2, 0.25) is 0 Å². The van der Waals surface area contributed by atoms with Gasteiger partial charge >= 0.3 is 12.1 Å². The van der Waals surface area contributed by atoms with Gasteiger partial charge in [-0.1, -0.05) is 39.2 Å². The third-order valence-electron chi connectivity index (χ3n) is 4.96. The van der Waals surface area contributed by atoms with Gasteiger partial charge in [-0.2, -0.15) is 0 Å². The molecular formula is C22H38N4O3. The van der Waals surface area contributed by atoms with Crippen LogP contribution in [0.5, 0.6) is 0 Å². The van der Waals surface area contributed by atoms with E-state index >= 15 is 0 Å². The molecule has 0 radical (unpaired) electrons. The molecule has 5 N–H and O–H groups in total. The number of aliphatic hydroxyl groups is 1. The summed E-state index contributed by atoms with van der Waals surface area (Å²) in [5.74, 6) is 0.497. The Morgan fingerprint density at radius 2 is 1.76 bits per heavy atom. The number of aryl methyl sites for hydroxylation is 1. The van der Waals surface area contributed by atoms with Crippen molar-refractivity contribution in [3.8, 4) is 0 Å². The topological polar surface area (TPSA) is 102 Å². The van der Waals surface area contributed by atoms with Crippen LogP contribution in [0.2, 0.25) is 0 Å². The Kier molecular flexibility index (Phi) is 12.5. The third-order valence-corrected chi connectivity index (χ3v) is 4.96. The van der Waals surface area contributed by atoms with E-state index in [1.54, 1.807) is 6.07 Å². The average Bonchev–Trinajstić information content (AvgIpc) is 2.70. The molecule has 0 aliphatic rings. The molecular weight excluding hydrogens is 368 g/mol. The lowest BCUT2D eigenvalue weighted by molar-refractivity contribution is 0.249. The lowest BCUT2D eigenvalue weighted by atomic mass is 9.99. The van der Waals surface area contributed by atoms with Crippen LogP contribution in [0.3, 0.4) is 0 Å². The van der Waals surface area contributed by atoms with Crippen LogP contribution in [0, 0.1) is 12.8 Å². The summed E-state index contributed by atoms with van der Waals surface area (Å²) in [4.78, 5) is 24.3. The zero-order chi connectivity index (χ0) is 21.5. The molecule has 0 fully saturated rings. The van der Waals surface area contributed by atoms with Crippen LogP contribution in [0.15, 0.2) is 18.2 Å². The van der Waals surface area contributed by atoms with E-state index in [0.717, 1.165) is 44.1 Å². The first-order valence-electron chi connectivity index (χ1n) is 10.8. The molecule has 1 rings (SSSR count). The quantitative estimate of drug-likeness (QED) is 0.309. The number of hydrogen-bond acceptors (Lipinski definition) is 3. The first kappa shape index (κ1) is 24.8. The van der Waals surface area contributed by atoms with Crippen LogP contribution in [0.25, 0.3) is 0 Å². The molecule has 0 saturated carbocycles. The molecule has 4 amide bonds. The Balaban J connectivity index is 2.49. The van der Waals surface area contributed by atoms with Gasteiger partial charge in [0, 0.05) is 31.1 Å². The van der Waals surface area contributed by atoms with Crippen molar-refractivity contribution in [3.63, 3.8) is 0 Å². The Labute approximate surface area is 175 Å². The lowest BCUT2D eigenvalue weighted by Crippen LogP contribution is -2.33. The van der Waals surface area contributed by atoms with Crippen LogP contribution in [-0.4, -0.2) is 36.9 Å². The summed E-state index contributed by atoms with van der Waals surface area (Å²) in [5.41, 5.74) is 2.20. The van der Waals surface area contributed by atoms with Crippen molar-refractivity contribution in [1.29, 1.82) is 0 Å². The number of anilines is 2. The summed E-state index contributed by atoms with van der Waals surface area (Å²) in [6, 6.07) is 4.93. The SMILES string of the molecule is CCCCC(CC)CNC(=O)Nc1ccc(C)c(NC(=O)NCCCCCO)c1. The molecule has 1 atom stereocenters. The summed E-state index contributed by atoms with van der Waals surface area (Å²) in [7, 11) is 0. The van der Waals surface area contributed by atoms with E-state index in [2.05, 4.69) is 35.1 Å². The van der Waals surface area contributed by atoms with Gasteiger partial charge in [0.25, 0.3) is 0 Å². The van der Waals surface area contributed by atoms with E-state index in [4.69, 9.17) is 5.11 Å². The molecule has 1 unspecified atom stereocenters. The molecule has 7 nitrogen and oxygen atoms in total. The maximum Gasteiger partial charge on any atom is 0.319 e. The van der Waals surface area contributed by atoms with Crippen molar-refractivity contribution >= 4 is 23.4 Å². The van der Waals surface area contributed by atoms with Crippen LogP contribution in [0.4, 0.5) is 21.0 Å². The van der Waals surface area contributed by atoms with Gasteiger partial charge in [-0.25, -0.2) is 9.59 Å². The van der Waals surface area contributed by atoms with E-state index in [0.29, 0.717) is 30.4 Å². The molecule has 0 aliphatic carbocycles. The molecule has 29 heavy (non-hydrogen) atoms. The Morgan fingerprint density at radius 3 is 2.45 bits per heavy atom. The fraction of sp³-hybridized carbons (Fsp3) is 0.636. The van der Waals surface area contributed by atoms with Crippen molar-refractivity contribution in [2.24, 2.45) is 5.92 Å². The fourth-order valence-corrected chi connectivity index (χ4v) is 2.97. The predicted octanol–water partition coefficient (Wildman–Crippen LogP) is 4.62. The Hall–Kier alpha value is -2.28. The largest absolute Gasteiger partial charge is 0.396 e. The minimum absolute atomic E-state index is 0.177. The number of benzene rings is 1. The van der Waals surface area contributed by atoms with E-state index in [9.17, 15) is 9.59 Å². The highest BCUT2D eigenvalue weighted by molar-refractivity contribution is 5.93. The highest BCUT2D eigenvalue weighted by atomic mass is 16.3. The molecule has 0 aromatic heterocycles. The number of unbranched alkanes of at least 4 members (excludes halogenated alkanes) is 3. The number of carbonyl (C=O) groups excluding carboxylic acids is 2.